The lowest BCUT2D eigenvalue weighted by Crippen LogP contribution is -2.24. The molecular formula is C17H27NO2. The largest absolute Gasteiger partial charge is 0.497 e. The van der Waals surface area contributed by atoms with Gasteiger partial charge in [0.25, 0.3) is 0 Å². The standard InChI is InChI=1S/C17H27NO2/c1-3-4-5-6-7-14-18-17(19)13-10-15-8-11-16(20-2)12-9-15/h8-9,11-12H,3-7,10,13-14H2,1-2H3,(H,18,19). The Kier molecular flexibility index (Phi) is 8.52. The van der Waals surface area contributed by atoms with Crippen molar-refractivity contribution in [3.63, 3.8) is 0 Å². The zero-order valence-corrected chi connectivity index (χ0v) is 12.8. The molecule has 0 bridgehead atoms. The molecule has 112 valence electrons. The lowest BCUT2D eigenvalue weighted by atomic mass is 10.1. The molecule has 0 aliphatic rings. The minimum absolute atomic E-state index is 0.149. The van der Waals surface area contributed by atoms with Crippen LogP contribution in [0.25, 0.3) is 0 Å². The second kappa shape index (κ2) is 10.3. The van der Waals surface area contributed by atoms with Gasteiger partial charge < -0.3 is 10.1 Å². The minimum Gasteiger partial charge on any atom is -0.497 e. The Morgan fingerprint density at radius 3 is 2.45 bits per heavy atom. The molecule has 1 aromatic carbocycles. The van der Waals surface area contributed by atoms with E-state index in [-0.39, 0.29) is 5.91 Å². The number of benzene rings is 1. The first-order valence-corrected chi connectivity index (χ1v) is 7.66. The number of aryl methyl sites for hydroxylation is 1. The summed E-state index contributed by atoms with van der Waals surface area (Å²) in [6, 6.07) is 7.88. The van der Waals surface area contributed by atoms with Crippen LogP contribution in [0.1, 0.15) is 51.0 Å². The second-order valence-electron chi connectivity index (χ2n) is 5.11. The highest BCUT2D eigenvalue weighted by Crippen LogP contribution is 2.12. The normalized spacial score (nSPS) is 10.3. The highest BCUT2D eigenvalue weighted by atomic mass is 16.5. The van der Waals surface area contributed by atoms with Gasteiger partial charge in [0.2, 0.25) is 5.91 Å². The fourth-order valence-corrected chi connectivity index (χ4v) is 2.09. The second-order valence-corrected chi connectivity index (χ2v) is 5.11. The number of ether oxygens (including phenoxy) is 1. The summed E-state index contributed by atoms with van der Waals surface area (Å²) < 4.78 is 5.11. The zero-order valence-electron chi connectivity index (χ0n) is 12.8. The predicted molar refractivity (Wildman–Crippen MR) is 83.1 cm³/mol. The molecule has 1 aromatic rings. The third-order valence-corrected chi connectivity index (χ3v) is 3.40. The molecule has 0 atom stereocenters. The summed E-state index contributed by atoms with van der Waals surface area (Å²) >= 11 is 0. The SMILES string of the molecule is CCCCCCCNC(=O)CCc1ccc(OC)cc1. The predicted octanol–water partition coefficient (Wildman–Crippen LogP) is 3.71. The van der Waals surface area contributed by atoms with Crippen molar-refractivity contribution in [1.29, 1.82) is 0 Å². The maximum absolute atomic E-state index is 11.7. The van der Waals surface area contributed by atoms with Crippen LogP contribution in [-0.4, -0.2) is 19.6 Å². The van der Waals surface area contributed by atoms with Gasteiger partial charge in [0.1, 0.15) is 5.75 Å². The van der Waals surface area contributed by atoms with E-state index in [0.29, 0.717) is 6.42 Å². The van der Waals surface area contributed by atoms with Gasteiger partial charge in [-0.3, -0.25) is 4.79 Å². The van der Waals surface area contributed by atoms with E-state index in [1.807, 2.05) is 24.3 Å². The van der Waals surface area contributed by atoms with E-state index < -0.39 is 0 Å². The number of unbranched alkanes of at least 4 members (excludes halogenated alkanes) is 4. The van der Waals surface area contributed by atoms with E-state index in [1.54, 1.807) is 7.11 Å². The van der Waals surface area contributed by atoms with E-state index in [2.05, 4.69) is 12.2 Å². The molecule has 3 nitrogen and oxygen atoms in total. The Morgan fingerprint density at radius 2 is 1.80 bits per heavy atom. The zero-order chi connectivity index (χ0) is 14.6. The first kappa shape index (κ1) is 16.5. The van der Waals surface area contributed by atoms with Crippen molar-refractivity contribution in [2.24, 2.45) is 0 Å². The van der Waals surface area contributed by atoms with Crippen LogP contribution in [0.15, 0.2) is 24.3 Å². The summed E-state index contributed by atoms with van der Waals surface area (Å²) in [6.07, 6.45) is 7.48. The van der Waals surface area contributed by atoms with Crippen molar-refractivity contribution < 1.29 is 9.53 Å². The number of carbonyl (C=O) groups excluding carboxylic acids is 1. The van der Waals surface area contributed by atoms with Gasteiger partial charge in [-0.25, -0.2) is 0 Å². The highest BCUT2D eigenvalue weighted by molar-refractivity contribution is 5.76. The van der Waals surface area contributed by atoms with E-state index >= 15 is 0 Å². The van der Waals surface area contributed by atoms with Crippen LogP contribution in [-0.2, 0) is 11.2 Å². The molecule has 0 spiro atoms. The molecule has 0 fully saturated rings. The number of rotatable bonds is 10. The maximum Gasteiger partial charge on any atom is 0.220 e. The lowest BCUT2D eigenvalue weighted by molar-refractivity contribution is -0.121. The molecule has 0 aliphatic carbocycles. The monoisotopic (exact) mass is 277 g/mol. The average molecular weight is 277 g/mol. The Hall–Kier alpha value is -1.51. The quantitative estimate of drug-likeness (QED) is 0.662. The van der Waals surface area contributed by atoms with Gasteiger partial charge in [0.15, 0.2) is 0 Å². The highest BCUT2D eigenvalue weighted by Gasteiger charge is 2.02. The molecule has 3 heteroatoms. The summed E-state index contributed by atoms with van der Waals surface area (Å²) in [5.74, 6) is 1.00. The molecule has 1 N–H and O–H groups in total. The summed E-state index contributed by atoms with van der Waals surface area (Å²) in [7, 11) is 1.66. The summed E-state index contributed by atoms with van der Waals surface area (Å²) in [6.45, 7) is 3.02. The van der Waals surface area contributed by atoms with Crippen molar-refractivity contribution in [2.75, 3.05) is 13.7 Å². The van der Waals surface area contributed by atoms with Gasteiger partial charge in [-0.05, 0) is 30.5 Å². The Morgan fingerprint density at radius 1 is 1.10 bits per heavy atom. The number of carbonyl (C=O) groups is 1. The lowest BCUT2D eigenvalue weighted by Gasteiger charge is -2.06. The topological polar surface area (TPSA) is 38.3 Å². The number of hydrogen-bond donors (Lipinski definition) is 1. The van der Waals surface area contributed by atoms with Crippen LogP contribution in [0.3, 0.4) is 0 Å². The molecule has 0 saturated carbocycles. The molecule has 0 aliphatic heterocycles. The van der Waals surface area contributed by atoms with E-state index in [4.69, 9.17) is 4.74 Å². The third-order valence-electron chi connectivity index (χ3n) is 3.40. The number of amides is 1. The van der Waals surface area contributed by atoms with Crippen LogP contribution in [0, 0.1) is 0 Å². The van der Waals surface area contributed by atoms with Crippen LogP contribution >= 0.6 is 0 Å². The average Bonchev–Trinajstić information content (AvgIpc) is 2.49. The molecule has 0 unspecified atom stereocenters. The van der Waals surface area contributed by atoms with Gasteiger partial charge in [-0.2, -0.15) is 0 Å². The maximum atomic E-state index is 11.7. The molecule has 0 aromatic heterocycles. The van der Waals surface area contributed by atoms with Gasteiger partial charge in [-0.1, -0.05) is 44.7 Å². The minimum atomic E-state index is 0.149. The number of nitrogens with one attached hydrogen (secondary N) is 1. The van der Waals surface area contributed by atoms with Gasteiger partial charge in [-0.15, -0.1) is 0 Å². The van der Waals surface area contributed by atoms with Crippen LogP contribution in [0.5, 0.6) is 5.75 Å². The van der Waals surface area contributed by atoms with Gasteiger partial charge in [0, 0.05) is 13.0 Å². The Balaban J connectivity index is 2.10. The molecule has 0 radical (unpaired) electrons. The van der Waals surface area contributed by atoms with E-state index in [0.717, 1.165) is 25.1 Å². The van der Waals surface area contributed by atoms with Crippen LogP contribution in [0.4, 0.5) is 0 Å². The van der Waals surface area contributed by atoms with Gasteiger partial charge in [0.05, 0.1) is 7.11 Å². The Labute approximate surface area is 122 Å². The van der Waals surface area contributed by atoms with Crippen molar-refractivity contribution in [3.8, 4) is 5.75 Å². The smallest absolute Gasteiger partial charge is 0.220 e. The Bertz CT molecular complexity index is 373. The molecular weight excluding hydrogens is 250 g/mol. The van der Waals surface area contributed by atoms with Crippen LogP contribution in [0.2, 0.25) is 0 Å². The summed E-state index contributed by atoms with van der Waals surface area (Å²) in [4.78, 5) is 11.7. The molecule has 1 rings (SSSR count). The molecule has 20 heavy (non-hydrogen) atoms. The fraction of sp³-hybridized carbons (Fsp3) is 0.588. The first-order valence-electron chi connectivity index (χ1n) is 7.66. The van der Waals surface area contributed by atoms with Crippen molar-refractivity contribution >= 4 is 5.91 Å². The van der Waals surface area contributed by atoms with E-state index in [9.17, 15) is 4.79 Å². The molecule has 0 heterocycles. The molecule has 0 saturated heterocycles. The van der Waals surface area contributed by atoms with Gasteiger partial charge >= 0.3 is 0 Å². The summed E-state index contributed by atoms with van der Waals surface area (Å²) in [5.41, 5.74) is 1.17. The summed E-state index contributed by atoms with van der Waals surface area (Å²) in [5, 5.41) is 2.99. The van der Waals surface area contributed by atoms with Crippen LogP contribution < -0.4 is 10.1 Å². The fourth-order valence-electron chi connectivity index (χ4n) is 2.09. The number of methoxy groups -OCH3 is 1. The van der Waals surface area contributed by atoms with Crippen molar-refractivity contribution in [2.45, 2.75) is 51.9 Å². The number of hydrogen-bond acceptors (Lipinski definition) is 2. The van der Waals surface area contributed by atoms with Crippen molar-refractivity contribution in [1.82, 2.24) is 5.32 Å². The molecule has 1 amide bonds. The third kappa shape index (κ3) is 7.17. The first-order chi connectivity index (χ1) is 9.76. The van der Waals surface area contributed by atoms with Crippen molar-refractivity contribution in [3.05, 3.63) is 29.8 Å². The van der Waals surface area contributed by atoms with E-state index in [1.165, 1.54) is 31.2 Å².